The zero-order chi connectivity index (χ0) is 13.3. The van der Waals surface area contributed by atoms with Gasteiger partial charge in [-0.05, 0) is 43.6 Å². The Labute approximate surface area is 131 Å². The molecule has 0 saturated heterocycles. The van der Waals surface area contributed by atoms with E-state index in [-0.39, 0.29) is 17.0 Å². The molecular weight excluding hydrogens is 298 g/mol. The Kier molecular flexibility index (Phi) is 11.4. The van der Waals surface area contributed by atoms with Crippen molar-refractivity contribution in [2.45, 2.75) is 90.9 Å². The maximum Gasteiger partial charge on any atom is -0.00436 e. The summed E-state index contributed by atoms with van der Waals surface area (Å²) < 4.78 is 0. The van der Waals surface area contributed by atoms with Crippen molar-refractivity contribution in [3.8, 4) is 0 Å². The zero-order valence-electron chi connectivity index (χ0n) is 13.3. The molecule has 0 bridgehead atoms. The topological polar surface area (TPSA) is 26.0 Å². The number of hydrogen-bond donors (Lipinski definition) is 1. The molecule has 2 N–H and O–H groups in total. The Morgan fingerprint density at radius 1 is 0.947 bits per heavy atom. The normalized spacial score (nSPS) is 21.9. The summed E-state index contributed by atoms with van der Waals surface area (Å²) in [5, 5.41) is 0. The molecule has 0 aromatic carbocycles. The van der Waals surface area contributed by atoms with Gasteiger partial charge >= 0.3 is 0 Å². The van der Waals surface area contributed by atoms with Crippen molar-refractivity contribution in [3.05, 3.63) is 0 Å². The quantitative estimate of drug-likeness (QED) is 0.525. The lowest BCUT2D eigenvalue weighted by Crippen LogP contribution is -2.38. The molecule has 0 aromatic heterocycles. The van der Waals surface area contributed by atoms with Gasteiger partial charge in [-0.2, -0.15) is 0 Å². The first kappa shape index (κ1) is 19.4. The molecule has 116 valence electrons. The lowest BCUT2D eigenvalue weighted by molar-refractivity contribution is 0.0702. The van der Waals surface area contributed by atoms with Crippen LogP contribution < -0.4 is 5.73 Å². The molecule has 1 unspecified atom stereocenters. The second kappa shape index (κ2) is 11.1. The summed E-state index contributed by atoms with van der Waals surface area (Å²) in [6.45, 7) is 5.55. The minimum absolute atomic E-state index is 0. The highest BCUT2D eigenvalue weighted by Gasteiger charge is 2.38. The fourth-order valence-corrected chi connectivity index (χ4v) is 3.98. The van der Waals surface area contributed by atoms with Gasteiger partial charge in [-0.3, -0.25) is 0 Å². The molecule has 0 radical (unpaired) electrons. The van der Waals surface area contributed by atoms with E-state index in [1.54, 1.807) is 0 Å². The minimum Gasteiger partial charge on any atom is -0.330 e. The van der Waals surface area contributed by atoms with Crippen molar-refractivity contribution >= 4 is 17.0 Å². The van der Waals surface area contributed by atoms with Crippen molar-refractivity contribution < 1.29 is 0 Å². The van der Waals surface area contributed by atoms with Crippen LogP contribution in [0.5, 0.6) is 0 Å². The van der Waals surface area contributed by atoms with Crippen molar-refractivity contribution in [1.82, 2.24) is 0 Å². The standard InChI is InChI=1S/C17H35N.BrH/c1-3-5-8-12-17(13-9-6-4-2)14-10-7-11-16(17)15-18;/h16H,3-15,18H2,1-2H3;1H. The lowest BCUT2D eigenvalue weighted by atomic mass is 9.61. The van der Waals surface area contributed by atoms with Gasteiger partial charge in [0.1, 0.15) is 0 Å². The van der Waals surface area contributed by atoms with E-state index in [0.717, 1.165) is 12.5 Å². The van der Waals surface area contributed by atoms with Gasteiger partial charge < -0.3 is 5.73 Å². The fourth-order valence-electron chi connectivity index (χ4n) is 3.98. The molecular formula is C17H36BrN. The van der Waals surface area contributed by atoms with E-state index in [2.05, 4.69) is 13.8 Å². The number of nitrogens with two attached hydrogens (primary N) is 1. The highest BCUT2D eigenvalue weighted by atomic mass is 79.9. The third-order valence-corrected chi connectivity index (χ3v) is 5.18. The van der Waals surface area contributed by atoms with E-state index >= 15 is 0 Å². The van der Waals surface area contributed by atoms with Gasteiger partial charge in [-0.15, -0.1) is 17.0 Å². The number of rotatable bonds is 9. The molecule has 1 atom stereocenters. The second-order valence-corrected chi connectivity index (χ2v) is 6.45. The Hall–Kier alpha value is 0.440. The largest absolute Gasteiger partial charge is 0.330 e. The molecule has 0 heterocycles. The van der Waals surface area contributed by atoms with Gasteiger partial charge in [0.15, 0.2) is 0 Å². The van der Waals surface area contributed by atoms with Crippen LogP contribution in [-0.2, 0) is 0 Å². The maximum atomic E-state index is 6.09. The van der Waals surface area contributed by atoms with Crippen molar-refractivity contribution in [1.29, 1.82) is 0 Å². The van der Waals surface area contributed by atoms with Crippen LogP contribution in [0.1, 0.15) is 90.9 Å². The van der Waals surface area contributed by atoms with Crippen molar-refractivity contribution in [2.24, 2.45) is 17.1 Å². The van der Waals surface area contributed by atoms with Gasteiger partial charge in [0, 0.05) is 0 Å². The Morgan fingerprint density at radius 3 is 2.00 bits per heavy atom. The van der Waals surface area contributed by atoms with E-state index in [0.29, 0.717) is 5.41 Å². The van der Waals surface area contributed by atoms with Gasteiger partial charge in [0.2, 0.25) is 0 Å². The fraction of sp³-hybridized carbons (Fsp3) is 1.00. The van der Waals surface area contributed by atoms with Crippen LogP contribution in [-0.4, -0.2) is 6.54 Å². The lowest BCUT2D eigenvalue weighted by Gasteiger charge is -2.45. The number of hydrogen-bond acceptors (Lipinski definition) is 1. The summed E-state index contributed by atoms with van der Waals surface area (Å²) in [4.78, 5) is 0. The first-order valence-electron chi connectivity index (χ1n) is 8.49. The van der Waals surface area contributed by atoms with E-state index in [1.165, 1.54) is 77.0 Å². The van der Waals surface area contributed by atoms with Gasteiger partial charge in [-0.1, -0.05) is 65.2 Å². The summed E-state index contributed by atoms with van der Waals surface area (Å²) in [7, 11) is 0. The van der Waals surface area contributed by atoms with Crippen molar-refractivity contribution in [2.75, 3.05) is 6.54 Å². The van der Waals surface area contributed by atoms with Crippen LogP contribution in [0.3, 0.4) is 0 Å². The van der Waals surface area contributed by atoms with Crippen LogP contribution in [0.4, 0.5) is 0 Å². The summed E-state index contributed by atoms with van der Waals surface area (Å²) in [6.07, 6.45) is 17.0. The summed E-state index contributed by atoms with van der Waals surface area (Å²) in [6, 6.07) is 0. The third-order valence-electron chi connectivity index (χ3n) is 5.18. The Bertz CT molecular complexity index is 195. The monoisotopic (exact) mass is 333 g/mol. The van der Waals surface area contributed by atoms with Crippen LogP contribution in [0, 0.1) is 11.3 Å². The van der Waals surface area contributed by atoms with E-state index < -0.39 is 0 Å². The average molecular weight is 334 g/mol. The summed E-state index contributed by atoms with van der Waals surface area (Å²) in [5.74, 6) is 0.819. The minimum atomic E-state index is 0. The first-order chi connectivity index (χ1) is 8.79. The molecule has 0 aromatic rings. The van der Waals surface area contributed by atoms with E-state index in [9.17, 15) is 0 Å². The smallest absolute Gasteiger partial charge is 0.00436 e. The molecule has 0 aliphatic heterocycles. The van der Waals surface area contributed by atoms with Gasteiger partial charge in [-0.25, -0.2) is 0 Å². The highest BCUT2D eigenvalue weighted by molar-refractivity contribution is 8.93. The summed E-state index contributed by atoms with van der Waals surface area (Å²) >= 11 is 0. The first-order valence-corrected chi connectivity index (χ1v) is 8.49. The zero-order valence-corrected chi connectivity index (χ0v) is 15.0. The van der Waals surface area contributed by atoms with Crippen LogP contribution in [0.25, 0.3) is 0 Å². The molecule has 1 saturated carbocycles. The number of unbranched alkanes of at least 4 members (excludes halogenated alkanes) is 4. The number of halogens is 1. The van der Waals surface area contributed by atoms with Crippen LogP contribution in [0.2, 0.25) is 0 Å². The maximum absolute atomic E-state index is 6.09. The molecule has 19 heavy (non-hydrogen) atoms. The predicted octanol–water partition coefficient (Wildman–Crippen LogP) is 5.86. The van der Waals surface area contributed by atoms with Crippen LogP contribution >= 0.6 is 17.0 Å². The molecule has 2 heteroatoms. The molecule has 0 spiro atoms. The highest BCUT2D eigenvalue weighted by Crippen LogP contribution is 2.48. The van der Waals surface area contributed by atoms with Crippen molar-refractivity contribution in [3.63, 3.8) is 0 Å². The molecule has 0 amide bonds. The second-order valence-electron chi connectivity index (χ2n) is 6.45. The predicted molar refractivity (Wildman–Crippen MR) is 92.1 cm³/mol. The Morgan fingerprint density at radius 2 is 1.53 bits per heavy atom. The summed E-state index contributed by atoms with van der Waals surface area (Å²) in [5.41, 5.74) is 6.71. The molecule has 1 fully saturated rings. The van der Waals surface area contributed by atoms with Gasteiger partial charge in [0.05, 0.1) is 0 Å². The van der Waals surface area contributed by atoms with E-state index in [1.807, 2.05) is 0 Å². The molecule has 1 rings (SSSR count). The average Bonchev–Trinajstić information content (AvgIpc) is 2.40. The van der Waals surface area contributed by atoms with E-state index in [4.69, 9.17) is 5.73 Å². The molecule has 1 aliphatic rings. The van der Waals surface area contributed by atoms with Gasteiger partial charge in [0.25, 0.3) is 0 Å². The Balaban J connectivity index is 0.00000324. The van der Waals surface area contributed by atoms with Crippen LogP contribution in [0.15, 0.2) is 0 Å². The molecule has 1 nitrogen and oxygen atoms in total. The SMILES string of the molecule is Br.CCCCCC1(CCCCC)CCCCC1CN. The molecule has 1 aliphatic carbocycles. The third kappa shape index (κ3) is 6.16.